The van der Waals surface area contributed by atoms with Crippen molar-refractivity contribution in [2.24, 2.45) is 0 Å². The summed E-state index contributed by atoms with van der Waals surface area (Å²) in [6, 6.07) is 6.00. The summed E-state index contributed by atoms with van der Waals surface area (Å²) >= 11 is 0. The summed E-state index contributed by atoms with van der Waals surface area (Å²) < 4.78 is 2.45. The molecule has 0 N–H and O–H groups in total. The first-order valence-corrected chi connectivity index (χ1v) is 10.4. The zero-order valence-electron chi connectivity index (χ0n) is 14.8. The molecule has 120 valence electrons. The number of ketones is 1. The zero-order valence-corrected chi connectivity index (χ0v) is 15.8. The minimum atomic E-state index is -1.83. The Morgan fingerprint density at radius 2 is 1.55 bits per heavy atom. The largest absolute Gasteiger partial charge is 0.359 e. The van der Waals surface area contributed by atoms with Crippen molar-refractivity contribution < 1.29 is 4.79 Å². The van der Waals surface area contributed by atoms with Crippen molar-refractivity contribution in [3.05, 3.63) is 30.1 Å². The molecule has 0 bridgehead atoms. The number of hydrogen-bond acceptors (Lipinski definition) is 2. The Morgan fingerprint density at radius 1 is 1.00 bits per heavy atom. The predicted octanol–water partition coefficient (Wildman–Crippen LogP) is 5.26. The number of fused-ring (bicyclic) bond motifs is 1. The van der Waals surface area contributed by atoms with Gasteiger partial charge in [0.05, 0.1) is 0 Å². The van der Waals surface area contributed by atoms with E-state index in [4.69, 9.17) is 4.98 Å². The summed E-state index contributed by atoms with van der Waals surface area (Å²) in [5.74, 6) is 0.0283. The van der Waals surface area contributed by atoms with Crippen LogP contribution in [0.1, 0.15) is 59.0 Å². The van der Waals surface area contributed by atoms with Gasteiger partial charge in [-0.3, -0.25) is 4.79 Å². The van der Waals surface area contributed by atoms with E-state index >= 15 is 0 Å². The number of carbonyl (C=O) groups is 1. The van der Waals surface area contributed by atoms with Crippen LogP contribution in [-0.4, -0.2) is 23.2 Å². The molecule has 0 radical (unpaired) electrons. The number of aromatic nitrogens is 2. The van der Waals surface area contributed by atoms with E-state index in [1.807, 2.05) is 12.1 Å². The Labute approximate surface area is 134 Å². The maximum atomic E-state index is 11.7. The van der Waals surface area contributed by atoms with E-state index in [1.54, 1.807) is 6.92 Å². The van der Waals surface area contributed by atoms with Crippen LogP contribution in [0.15, 0.2) is 24.4 Å². The molecule has 4 heteroatoms. The third kappa shape index (κ3) is 2.43. The fraction of sp³-hybridized carbons (Fsp3) is 0.556. The molecule has 22 heavy (non-hydrogen) atoms. The summed E-state index contributed by atoms with van der Waals surface area (Å²) in [7, 11) is -1.83. The monoisotopic (exact) mass is 316 g/mol. The van der Waals surface area contributed by atoms with E-state index in [0.29, 0.717) is 22.3 Å². The molecule has 0 saturated heterocycles. The molecule has 0 unspecified atom stereocenters. The van der Waals surface area contributed by atoms with Crippen LogP contribution >= 0.6 is 0 Å². The molecule has 2 heterocycles. The lowest BCUT2D eigenvalue weighted by Crippen LogP contribution is -2.51. The van der Waals surface area contributed by atoms with Crippen LogP contribution in [-0.2, 0) is 0 Å². The summed E-state index contributed by atoms with van der Waals surface area (Å²) in [6.45, 7) is 15.6. The Bertz CT molecular complexity index is 664. The average Bonchev–Trinajstić information content (AvgIpc) is 2.81. The Balaban J connectivity index is 2.79. The van der Waals surface area contributed by atoms with E-state index in [0.717, 1.165) is 11.0 Å². The number of nitrogens with zero attached hydrogens (tertiary/aromatic N) is 2. The van der Waals surface area contributed by atoms with Crippen LogP contribution in [0.4, 0.5) is 0 Å². The normalized spacial score (nSPS) is 12.8. The molecule has 2 rings (SSSR count). The van der Waals surface area contributed by atoms with Crippen molar-refractivity contribution in [2.45, 2.75) is 65.1 Å². The van der Waals surface area contributed by atoms with Gasteiger partial charge in [-0.2, -0.15) is 0 Å². The van der Waals surface area contributed by atoms with Crippen LogP contribution in [0, 0.1) is 0 Å². The molecule has 0 aromatic carbocycles. The van der Waals surface area contributed by atoms with E-state index in [1.165, 1.54) is 0 Å². The summed E-state index contributed by atoms with van der Waals surface area (Å²) in [6.07, 6.45) is 2.20. The number of rotatable bonds is 5. The molecule has 0 amide bonds. The SMILES string of the molecule is CC(=O)c1ccc2ccn([Si](C(C)C)(C(C)C)C(C)C)c2n1. The molecular weight excluding hydrogens is 288 g/mol. The highest BCUT2D eigenvalue weighted by Gasteiger charge is 2.45. The highest BCUT2D eigenvalue weighted by Crippen LogP contribution is 2.43. The van der Waals surface area contributed by atoms with Gasteiger partial charge in [0.2, 0.25) is 0 Å². The van der Waals surface area contributed by atoms with Gasteiger partial charge in [0.25, 0.3) is 0 Å². The minimum absolute atomic E-state index is 0.0283. The molecule has 0 spiro atoms. The number of hydrogen-bond donors (Lipinski definition) is 0. The van der Waals surface area contributed by atoms with E-state index in [9.17, 15) is 4.79 Å². The van der Waals surface area contributed by atoms with Crippen LogP contribution < -0.4 is 0 Å². The maximum absolute atomic E-state index is 11.7. The fourth-order valence-electron chi connectivity index (χ4n) is 4.35. The van der Waals surface area contributed by atoms with Gasteiger partial charge in [-0.15, -0.1) is 0 Å². The topological polar surface area (TPSA) is 34.9 Å². The van der Waals surface area contributed by atoms with Crippen LogP contribution in [0.3, 0.4) is 0 Å². The van der Waals surface area contributed by atoms with Crippen molar-refractivity contribution >= 4 is 25.1 Å². The lowest BCUT2D eigenvalue weighted by Gasteiger charge is -2.44. The zero-order chi connectivity index (χ0) is 16.7. The molecule has 0 saturated carbocycles. The molecule has 0 aliphatic heterocycles. The lowest BCUT2D eigenvalue weighted by molar-refractivity contribution is 0.101. The second-order valence-corrected chi connectivity index (χ2v) is 12.9. The fourth-order valence-corrected chi connectivity index (χ4v) is 10.9. The molecule has 0 aliphatic rings. The van der Waals surface area contributed by atoms with Gasteiger partial charge in [-0.1, -0.05) is 41.5 Å². The Kier molecular flexibility index (Phi) is 4.61. The molecule has 0 aliphatic carbocycles. The first-order valence-electron chi connectivity index (χ1n) is 8.22. The molecular formula is C18H28N2OSi. The summed E-state index contributed by atoms with van der Waals surface area (Å²) in [4.78, 5) is 16.4. The Hall–Kier alpha value is -1.42. The first kappa shape index (κ1) is 16.9. The third-order valence-electron chi connectivity index (χ3n) is 5.09. The van der Waals surface area contributed by atoms with E-state index in [2.05, 4.69) is 58.0 Å². The summed E-state index contributed by atoms with van der Waals surface area (Å²) in [5.41, 5.74) is 3.35. The minimum Gasteiger partial charge on any atom is -0.359 e. The summed E-state index contributed by atoms with van der Waals surface area (Å²) in [5, 5.41) is 1.13. The van der Waals surface area contributed by atoms with Crippen LogP contribution in [0.25, 0.3) is 11.0 Å². The highest BCUT2D eigenvalue weighted by atomic mass is 28.3. The van der Waals surface area contributed by atoms with Crippen LogP contribution in [0.5, 0.6) is 0 Å². The van der Waals surface area contributed by atoms with Gasteiger partial charge in [0, 0.05) is 12.3 Å². The molecule has 0 fully saturated rings. The van der Waals surface area contributed by atoms with Gasteiger partial charge in [0.15, 0.2) is 14.0 Å². The second-order valence-electron chi connectivity index (χ2n) is 7.20. The second kappa shape index (κ2) is 5.99. The number of carbonyl (C=O) groups excluding carboxylic acids is 1. The van der Waals surface area contributed by atoms with Gasteiger partial charge >= 0.3 is 0 Å². The number of pyridine rings is 1. The molecule has 0 atom stereocenters. The Morgan fingerprint density at radius 3 is 2.00 bits per heavy atom. The van der Waals surface area contributed by atoms with E-state index in [-0.39, 0.29) is 5.78 Å². The number of Topliss-reactive ketones (excluding diaryl/α,β-unsaturated/α-hetero) is 1. The van der Waals surface area contributed by atoms with Gasteiger partial charge in [-0.25, -0.2) is 4.98 Å². The lowest BCUT2D eigenvalue weighted by atomic mass is 10.2. The van der Waals surface area contributed by atoms with E-state index < -0.39 is 8.24 Å². The average molecular weight is 317 g/mol. The quantitative estimate of drug-likeness (QED) is 0.557. The van der Waals surface area contributed by atoms with Crippen molar-refractivity contribution in [1.29, 1.82) is 0 Å². The standard InChI is InChI=1S/C18H28N2OSi/c1-12(2)22(13(3)4,14(5)6)20-11-10-16-8-9-17(15(7)21)19-18(16)20/h8-14H,1-7H3. The third-order valence-corrected chi connectivity index (χ3v) is 11.8. The molecule has 2 aromatic rings. The van der Waals surface area contributed by atoms with Gasteiger partial charge in [-0.05, 0) is 41.0 Å². The highest BCUT2D eigenvalue weighted by molar-refractivity contribution is 6.82. The smallest absolute Gasteiger partial charge is 0.178 e. The van der Waals surface area contributed by atoms with Gasteiger partial charge < -0.3 is 4.23 Å². The van der Waals surface area contributed by atoms with Crippen molar-refractivity contribution in [3.63, 3.8) is 0 Å². The predicted molar refractivity (Wildman–Crippen MR) is 96.2 cm³/mol. The molecule has 3 nitrogen and oxygen atoms in total. The first-order chi connectivity index (χ1) is 10.2. The maximum Gasteiger partial charge on any atom is 0.178 e. The van der Waals surface area contributed by atoms with Crippen LogP contribution in [0.2, 0.25) is 16.6 Å². The molecule has 2 aromatic heterocycles. The van der Waals surface area contributed by atoms with Crippen molar-refractivity contribution in [3.8, 4) is 0 Å². The van der Waals surface area contributed by atoms with Crippen molar-refractivity contribution in [2.75, 3.05) is 0 Å². The van der Waals surface area contributed by atoms with Crippen molar-refractivity contribution in [1.82, 2.24) is 9.22 Å². The van der Waals surface area contributed by atoms with Gasteiger partial charge in [0.1, 0.15) is 11.3 Å².